The van der Waals surface area contributed by atoms with Gasteiger partial charge in [0.25, 0.3) is 10.0 Å². The standard InChI is InChI=1S/C17H19ClN6O4S2/c1-17(2,3)14(25)20-15-21-22-16(29-15)30(26,27)24(4)9-12-19-13(23-28-12)10-6-5-7-11(18)8-10/h5-8H,9H2,1-4H3,(H,20,21,25). The van der Waals surface area contributed by atoms with Gasteiger partial charge in [0.15, 0.2) is 0 Å². The Kier molecular flexibility index (Phi) is 6.22. The zero-order valence-corrected chi connectivity index (χ0v) is 19.0. The van der Waals surface area contributed by atoms with Crippen LogP contribution in [-0.2, 0) is 21.4 Å². The Balaban J connectivity index is 1.72. The average molecular weight is 471 g/mol. The van der Waals surface area contributed by atoms with Crippen molar-refractivity contribution in [3.63, 3.8) is 0 Å². The number of carbonyl (C=O) groups excluding carboxylic acids is 1. The molecule has 0 spiro atoms. The maximum atomic E-state index is 12.8. The Morgan fingerprint density at radius 3 is 2.70 bits per heavy atom. The zero-order valence-electron chi connectivity index (χ0n) is 16.6. The molecule has 0 aliphatic heterocycles. The predicted octanol–water partition coefficient (Wildman–Crippen LogP) is 3.05. The van der Waals surface area contributed by atoms with Gasteiger partial charge in [-0.25, -0.2) is 8.42 Å². The Labute approximate surface area is 182 Å². The number of amides is 1. The van der Waals surface area contributed by atoms with Gasteiger partial charge in [0, 0.05) is 23.0 Å². The third kappa shape index (κ3) is 5.01. The van der Waals surface area contributed by atoms with Crippen molar-refractivity contribution in [1.29, 1.82) is 0 Å². The van der Waals surface area contributed by atoms with E-state index in [2.05, 4.69) is 25.7 Å². The Bertz CT molecular complexity index is 1170. The van der Waals surface area contributed by atoms with Crippen LogP contribution in [0.4, 0.5) is 5.13 Å². The SMILES string of the molecule is CN(Cc1nc(-c2cccc(Cl)c2)no1)S(=O)(=O)c1nnc(NC(=O)C(C)(C)C)s1. The summed E-state index contributed by atoms with van der Waals surface area (Å²) in [6, 6.07) is 6.89. The van der Waals surface area contributed by atoms with Gasteiger partial charge in [0.05, 0.1) is 6.54 Å². The lowest BCUT2D eigenvalue weighted by molar-refractivity contribution is -0.123. The molecule has 0 saturated carbocycles. The van der Waals surface area contributed by atoms with Gasteiger partial charge >= 0.3 is 0 Å². The lowest BCUT2D eigenvalue weighted by Crippen LogP contribution is -2.27. The molecule has 0 fully saturated rings. The fourth-order valence-corrected chi connectivity index (χ4v) is 4.52. The molecule has 13 heteroatoms. The van der Waals surface area contributed by atoms with Gasteiger partial charge in [-0.2, -0.15) is 9.29 Å². The van der Waals surface area contributed by atoms with E-state index in [0.29, 0.717) is 16.4 Å². The fourth-order valence-electron chi connectivity index (χ4n) is 2.12. The molecule has 0 aliphatic carbocycles. The van der Waals surface area contributed by atoms with Gasteiger partial charge in [0.1, 0.15) is 0 Å². The Morgan fingerprint density at radius 2 is 2.03 bits per heavy atom. The number of benzene rings is 1. The number of rotatable bonds is 6. The number of sulfonamides is 1. The van der Waals surface area contributed by atoms with E-state index < -0.39 is 15.4 Å². The molecule has 0 radical (unpaired) electrons. The number of halogens is 1. The summed E-state index contributed by atoms with van der Waals surface area (Å²) in [5.74, 6) is 0.0959. The number of aromatic nitrogens is 4. The summed E-state index contributed by atoms with van der Waals surface area (Å²) in [6.45, 7) is 5.03. The molecule has 1 amide bonds. The molecule has 0 unspecified atom stereocenters. The van der Waals surface area contributed by atoms with Crippen LogP contribution in [0.5, 0.6) is 0 Å². The smallest absolute Gasteiger partial charge is 0.272 e. The minimum absolute atomic E-state index is 0.0989. The summed E-state index contributed by atoms with van der Waals surface area (Å²) < 4.78 is 31.4. The van der Waals surface area contributed by atoms with Crippen LogP contribution in [0, 0.1) is 5.41 Å². The van der Waals surface area contributed by atoms with Crippen LogP contribution in [-0.4, -0.2) is 46.0 Å². The summed E-state index contributed by atoms with van der Waals surface area (Å²) in [5, 5.41) is 14.5. The highest BCUT2D eigenvalue weighted by molar-refractivity contribution is 7.91. The maximum Gasteiger partial charge on any atom is 0.272 e. The minimum atomic E-state index is -3.97. The van der Waals surface area contributed by atoms with Crippen molar-refractivity contribution < 1.29 is 17.7 Å². The van der Waals surface area contributed by atoms with Crippen LogP contribution in [0.15, 0.2) is 33.1 Å². The summed E-state index contributed by atoms with van der Waals surface area (Å²) in [5.41, 5.74) is -0.00785. The third-order valence-corrected chi connectivity index (χ3v) is 7.07. The molecule has 1 N–H and O–H groups in total. The lowest BCUT2D eigenvalue weighted by atomic mass is 9.96. The van der Waals surface area contributed by atoms with Crippen molar-refractivity contribution in [2.75, 3.05) is 12.4 Å². The van der Waals surface area contributed by atoms with E-state index in [1.807, 2.05) is 0 Å². The van der Waals surface area contributed by atoms with E-state index in [0.717, 1.165) is 15.6 Å². The molecular formula is C17H19ClN6O4S2. The first-order chi connectivity index (χ1) is 14.0. The van der Waals surface area contributed by atoms with Gasteiger partial charge in [-0.1, -0.05) is 61.0 Å². The van der Waals surface area contributed by atoms with Crippen LogP contribution in [0.25, 0.3) is 11.4 Å². The number of nitrogens with one attached hydrogen (secondary N) is 1. The summed E-state index contributed by atoms with van der Waals surface area (Å²) in [6.07, 6.45) is 0. The molecule has 10 nitrogen and oxygen atoms in total. The fraction of sp³-hybridized carbons (Fsp3) is 0.353. The highest BCUT2D eigenvalue weighted by Gasteiger charge is 2.29. The first kappa shape index (κ1) is 22.3. The summed E-state index contributed by atoms with van der Waals surface area (Å²) in [7, 11) is -2.62. The second kappa shape index (κ2) is 8.38. The Hall–Kier alpha value is -2.41. The van der Waals surface area contributed by atoms with E-state index in [4.69, 9.17) is 16.1 Å². The molecule has 0 aliphatic rings. The summed E-state index contributed by atoms with van der Waals surface area (Å²) in [4.78, 5) is 16.2. The molecule has 3 rings (SSSR count). The third-order valence-electron chi connectivity index (χ3n) is 3.85. The minimum Gasteiger partial charge on any atom is -0.338 e. The highest BCUT2D eigenvalue weighted by Crippen LogP contribution is 2.26. The van der Waals surface area contributed by atoms with E-state index in [1.54, 1.807) is 45.0 Å². The Morgan fingerprint density at radius 1 is 1.30 bits per heavy atom. The number of hydrogen-bond acceptors (Lipinski definition) is 9. The second-order valence-electron chi connectivity index (χ2n) is 7.36. The predicted molar refractivity (Wildman–Crippen MR) is 111 cm³/mol. The molecule has 30 heavy (non-hydrogen) atoms. The normalized spacial score (nSPS) is 12.3. The molecule has 0 bridgehead atoms. The van der Waals surface area contributed by atoms with Crippen molar-refractivity contribution in [3.8, 4) is 11.4 Å². The number of nitrogens with zero attached hydrogens (tertiary/aromatic N) is 5. The zero-order chi connectivity index (χ0) is 22.1. The number of carbonyl (C=O) groups is 1. The monoisotopic (exact) mass is 470 g/mol. The molecule has 1 aromatic carbocycles. The topological polar surface area (TPSA) is 131 Å². The maximum absolute atomic E-state index is 12.8. The van der Waals surface area contributed by atoms with E-state index in [9.17, 15) is 13.2 Å². The van der Waals surface area contributed by atoms with Gasteiger partial charge in [-0.3, -0.25) is 4.79 Å². The lowest BCUT2D eigenvalue weighted by Gasteiger charge is -2.15. The molecular weight excluding hydrogens is 452 g/mol. The van der Waals surface area contributed by atoms with Crippen molar-refractivity contribution in [2.24, 2.45) is 5.41 Å². The van der Waals surface area contributed by atoms with Crippen molar-refractivity contribution in [3.05, 3.63) is 35.2 Å². The van der Waals surface area contributed by atoms with Crippen LogP contribution in [0.2, 0.25) is 5.02 Å². The van der Waals surface area contributed by atoms with Crippen LogP contribution in [0.3, 0.4) is 0 Å². The highest BCUT2D eigenvalue weighted by atomic mass is 35.5. The van der Waals surface area contributed by atoms with Gasteiger partial charge in [-0.15, -0.1) is 10.2 Å². The molecule has 0 atom stereocenters. The van der Waals surface area contributed by atoms with E-state index in [-0.39, 0.29) is 27.8 Å². The second-order valence-corrected chi connectivity index (χ2v) is 11.0. The molecule has 160 valence electrons. The molecule has 3 aromatic rings. The number of anilines is 1. The largest absolute Gasteiger partial charge is 0.338 e. The van der Waals surface area contributed by atoms with Crippen LogP contribution >= 0.6 is 22.9 Å². The van der Waals surface area contributed by atoms with Crippen molar-refractivity contribution >= 4 is 44.0 Å². The first-order valence-electron chi connectivity index (χ1n) is 8.66. The summed E-state index contributed by atoms with van der Waals surface area (Å²) >= 11 is 6.72. The first-order valence-corrected chi connectivity index (χ1v) is 11.3. The van der Waals surface area contributed by atoms with E-state index >= 15 is 0 Å². The van der Waals surface area contributed by atoms with Crippen molar-refractivity contribution in [1.82, 2.24) is 24.6 Å². The molecule has 2 heterocycles. The van der Waals surface area contributed by atoms with Gasteiger partial charge in [-0.05, 0) is 12.1 Å². The van der Waals surface area contributed by atoms with Crippen LogP contribution < -0.4 is 5.32 Å². The van der Waals surface area contributed by atoms with Gasteiger partial charge < -0.3 is 9.84 Å². The number of hydrogen-bond donors (Lipinski definition) is 1. The van der Waals surface area contributed by atoms with E-state index in [1.165, 1.54) is 7.05 Å². The quantitative estimate of drug-likeness (QED) is 0.543. The van der Waals surface area contributed by atoms with Crippen molar-refractivity contribution in [2.45, 2.75) is 31.7 Å². The average Bonchev–Trinajstić information content (AvgIpc) is 3.31. The molecule has 2 aromatic heterocycles. The van der Waals surface area contributed by atoms with Crippen LogP contribution in [0.1, 0.15) is 26.7 Å². The van der Waals surface area contributed by atoms with Gasteiger partial charge in [0.2, 0.25) is 27.1 Å². The molecule has 0 saturated heterocycles.